The van der Waals surface area contributed by atoms with Crippen LogP contribution in [0.15, 0.2) is 53.1 Å². The zero-order valence-electron chi connectivity index (χ0n) is 11.3. The van der Waals surface area contributed by atoms with Crippen LogP contribution >= 0.6 is 11.6 Å². The Morgan fingerprint density at radius 2 is 1.90 bits per heavy atom. The van der Waals surface area contributed by atoms with Crippen LogP contribution in [0, 0.1) is 12.7 Å². The summed E-state index contributed by atoms with van der Waals surface area (Å²) >= 11 is 6.33. The SMILES string of the molecule is Cc1cc(-c2noc(C(Cl)c3ccccc3)n2)ccc1F. The van der Waals surface area contributed by atoms with Gasteiger partial charge >= 0.3 is 0 Å². The fraction of sp³-hybridized carbons (Fsp3) is 0.125. The van der Waals surface area contributed by atoms with E-state index >= 15 is 0 Å². The molecule has 3 rings (SSSR count). The fourth-order valence-electron chi connectivity index (χ4n) is 2.00. The monoisotopic (exact) mass is 302 g/mol. The summed E-state index contributed by atoms with van der Waals surface area (Å²) in [5.74, 6) is 0.455. The molecule has 1 aromatic heterocycles. The normalized spacial score (nSPS) is 12.3. The lowest BCUT2D eigenvalue weighted by atomic mass is 10.1. The maximum absolute atomic E-state index is 13.3. The fourth-order valence-corrected chi connectivity index (χ4v) is 2.24. The average Bonchev–Trinajstić information content (AvgIpc) is 3.00. The number of alkyl halides is 1. The summed E-state index contributed by atoms with van der Waals surface area (Å²) in [4.78, 5) is 4.30. The van der Waals surface area contributed by atoms with Crippen molar-refractivity contribution in [3.8, 4) is 11.4 Å². The maximum atomic E-state index is 13.3. The largest absolute Gasteiger partial charge is 0.337 e. The van der Waals surface area contributed by atoms with Crippen molar-refractivity contribution in [3.05, 3.63) is 71.4 Å². The van der Waals surface area contributed by atoms with E-state index in [1.165, 1.54) is 6.07 Å². The van der Waals surface area contributed by atoms with E-state index in [1.807, 2.05) is 30.3 Å². The molecular weight excluding hydrogens is 291 g/mol. The van der Waals surface area contributed by atoms with Crippen molar-refractivity contribution in [1.29, 1.82) is 0 Å². The predicted octanol–water partition coefficient (Wildman–Crippen LogP) is 4.51. The Kier molecular flexibility index (Phi) is 3.71. The van der Waals surface area contributed by atoms with Gasteiger partial charge in [0, 0.05) is 5.56 Å². The lowest BCUT2D eigenvalue weighted by molar-refractivity contribution is 0.383. The summed E-state index contributed by atoms with van der Waals surface area (Å²) in [5, 5.41) is 3.41. The van der Waals surface area contributed by atoms with E-state index in [1.54, 1.807) is 19.1 Å². The van der Waals surface area contributed by atoms with Gasteiger partial charge in [-0.05, 0) is 36.2 Å². The first-order valence-electron chi connectivity index (χ1n) is 6.44. The van der Waals surface area contributed by atoms with Crippen molar-refractivity contribution < 1.29 is 8.91 Å². The van der Waals surface area contributed by atoms with Gasteiger partial charge in [0.25, 0.3) is 0 Å². The molecule has 3 aromatic rings. The molecule has 0 aliphatic heterocycles. The molecule has 0 N–H and O–H groups in total. The first kappa shape index (κ1) is 13.8. The smallest absolute Gasteiger partial charge is 0.249 e. The number of halogens is 2. The van der Waals surface area contributed by atoms with Crippen molar-refractivity contribution in [2.24, 2.45) is 0 Å². The van der Waals surface area contributed by atoms with Crippen LogP contribution in [0.1, 0.15) is 22.4 Å². The Bertz CT molecular complexity index is 758. The average molecular weight is 303 g/mol. The van der Waals surface area contributed by atoms with E-state index in [0.717, 1.165) is 5.56 Å². The minimum Gasteiger partial charge on any atom is -0.337 e. The highest BCUT2D eigenvalue weighted by molar-refractivity contribution is 6.22. The molecule has 0 radical (unpaired) electrons. The van der Waals surface area contributed by atoms with Gasteiger partial charge in [-0.25, -0.2) is 4.39 Å². The quantitative estimate of drug-likeness (QED) is 0.668. The number of aromatic nitrogens is 2. The highest BCUT2D eigenvalue weighted by atomic mass is 35.5. The molecule has 106 valence electrons. The molecule has 0 aliphatic rings. The van der Waals surface area contributed by atoms with Gasteiger partial charge in [0.2, 0.25) is 11.7 Å². The van der Waals surface area contributed by atoms with Crippen molar-refractivity contribution in [2.75, 3.05) is 0 Å². The van der Waals surface area contributed by atoms with E-state index in [2.05, 4.69) is 10.1 Å². The highest BCUT2D eigenvalue weighted by Crippen LogP contribution is 2.29. The van der Waals surface area contributed by atoms with Gasteiger partial charge in [0.05, 0.1) is 0 Å². The van der Waals surface area contributed by atoms with Gasteiger partial charge in [-0.3, -0.25) is 0 Å². The highest BCUT2D eigenvalue weighted by Gasteiger charge is 2.19. The number of benzene rings is 2. The molecule has 3 nitrogen and oxygen atoms in total. The summed E-state index contributed by atoms with van der Waals surface area (Å²) in [5.41, 5.74) is 2.11. The zero-order chi connectivity index (χ0) is 14.8. The molecule has 0 saturated heterocycles. The molecule has 0 aliphatic carbocycles. The molecular formula is C16H12ClFN2O. The Morgan fingerprint density at radius 3 is 2.62 bits per heavy atom. The second kappa shape index (κ2) is 5.66. The Morgan fingerprint density at radius 1 is 1.14 bits per heavy atom. The molecule has 0 saturated carbocycles. The van der Waals surface area contributed by atoms with Crippen LogP contribution in [0.5, 0.6) is 0 Å². The Hall–Kier alpha value is -2.20. The molecule has 2 aromatic carbocycles. The standard InChI is InChI=1S/C16H12ClFN2O/c1-10-9-12(7-8-13(10)18)15-19-16(21-20-15)14(17)11-5-3-2-4-6-11/h2-9,14H,1H3. The van der Waals surface area contributed by atoms with Crippen LogP contribution < -0.4 is 0 Å². The number of hydrogen-bond acceptors (Lipinski definition) is 3. The second-order valence-electron chi connectivity index (χ2n) is 4.69. The molecule has 1 heterocycles. The zero-order valence-corrected chi connectivity index (χ0v) is 12.0. The van der Waals surface area contributed by atoms with Gasteiger partial charge in [-0.15, -0.1) is 11.6 Å². The van der Waals surface area contributed by atoms with E-state index < -0.39 is 5.38 Å². The van der Waals surface area contributed by atoms with Crippen LogP contribution in [0.3, 0.4) is 0 Å². The Labute approximate surface area is 126 Å². The number of aryl methyl sites for hydroxylation is 1. The minimum absolute atomic E-state index is 0.262. The van der Waals surface area contributed by atoms with Crippen LogP contribution in [0.4, 0.5) is 4.39 Å². The van der Waals surface area contributed by atoms with E-state index in [9.17, 15) is 4.39 Å². The lowest BCUT2D eigenvalue weighted by Crippen LogP contribution is -1.93. The topological polar surface area (TPSA) is 38.9 Å². The molecule has 5 heteroatoms. The molecule has 1 atom stereocenters. The molecule has 0 bridgehead atoms. The first-order chi connectivity index (χ1) is 10.1. The van der Waals surface area contributed by atoms with Crippen molar-refractivity contribution in [3.63, 3.8) is 0 Å². The van der Waals surface area contributed by atoms with Crippen molar-refractivity contribution in [1.82, 2.24) is 10.1 Å². The van der Waals surface area contributed by atoms with Gasteiger partial charge in [0.15, 0.2) is 0 Å². The van der Waals surface area contributed by atoms with Crippen LogP contribution in [-0.2, 0) is 0 Å². The first-order valence-corrected chi connectivity index (χ1v) is 6.88. The number of hydrogen-bond donors (Lipinski definition) is 0. The summed E-state index contributed by atoms with van der Waals surface area (Å²) < 4.78 is 18.5. The molecule has 1 unspecified atom stereocenters. The molecule has 0 spiro atoms. The molecule has 0 amide bonds. The summed E-state index contributed by atoms with van der Waals surface area (Å²) in [6.45, 7) is 1.69. The molecule has 21 heavy (non-hydrogen) atoms. The van der Waals surface area contributed by atoms with Crippen molar-refractivity contribution >= 4 is 11.6 Å². The van der Waals surface area contributed by atoms with E-state index in [0.29, 0.717) is 22.8 Å². The Balaban J connectivity index is 1.91. The number of nitrogens with zero attached hydrogens (tertiary/aromatic N) is 2. The van der Waals surface area contributed by atoms with Crippen LogP contribution in [0.25, 0.3) is 11.4 Å². The van der Waals surface area contributed by atoms with E-state index in [-0.39, 0.29) is 5.82 Å². The van der Waals surface area contributed by atoms with Gasteiger partial charge < -0.3 is 4.52 Å². The third-order valence-electron chi connectivity index (χ3n) is 3.17. The van der Waals surface area contributed by atoms with Crippen LogP contribution in [-0.4, -0.2) is 10.1 Å². The third kappa shape index (κ3) is 2.81. The number of rotatable bonds is 3. The molecule has 0 fully saturated rings. The van der Waals surface area contributed by atoms with Crippen LogP contribution in [0.2, 0.25) is 0 Å². The van der Waals surface area contributed by atoms with Gasteiger partial charge in [-0.1, -0.05) is 35.5 Å². The third-order valence-corrected chi connectivity index (χ3v) is 3.61. The lowest BCUT2D eigenvalue weighted by Gasteiger charge is -2.03. The van der Waals surface area contributed by atoms with E-state index in [4.69, 9.17) is 16.1 Å². The summed E-state index contributed by atoms with van der Waals surface area (Å²) in [6.07, 6.45) is 0. The van der Waals surface area contributed by atoms with Crippen molar-refractivity contribution in [2.45, 2.75) is 12.3 Å². The second-order valence-corrected chi connectivity index (χ2v) is 5.13. The summed E-state index contributed by atoms with van der Waals surface area (Å²) in [7, 11) is 0. The minimum atomic E-state index is -0.506. The maximum Gasteiger partial charge on any atom is 0.249 e. The van der Waals surface area contributed by atoms with Gasteiger partial charge in [0.1, 0.15) is 11.2 Å². The van der Waals surface area contributed by atoms with Gasteiger partial charge in [-0.2, -0.15) is 4.98 Å². The predicted molar refractivity (Wildman–Crippen MR) is 78.6 cm³/mol. The summed E-state index contributed by atoms with van der Waals surface area (Å²) in [6, 6.07) is 14.2.